The lowest BCUT2D eigenvalue weighted by atomic mass is 10.1. The molecular formula is C5H12N4. The molecule has 0 saturated carbocycles. The van der Waals surface area contributed by atoms with Crippen LogP contribution in [0.4, 0.5) is 0 Å². The summed E-state index contributed by atoms with van der Waals surface area (Å²) >= 11 is 0. The van der Waals surface area contributed by atoms with Crippen LogP contribution in [0.15, 0.2) is 5.11 Å². The zero-order valence-corrected chi connectivity index (χ0v) is 5.78. The Morgan fingerprint density at radius 3 is 2.56 bits per heavy atom. The van der Waals surface area contributed by atoms with Gasteiger partial charge in [-0.3, -0.25) is 0 Å². The maximum atomic E-state index is 7.90. The molecule has 0 saturated heterocycles. The summed E-state index contributed by atoms with van der Waals surface area (Å²) in [6.07, 6.45) is 0. The minimum Gasteiger partial charge on any atom is -0.327 e. The third-order valence-electron chi connectivity index (χ3n) is 1.21. The summed E-state index contributed by atoms with van der Waals surface area (Å²) < 4.78 is 0. The molecule has 2 N–H and O–H groups in total. The van der Waals surface area contributed by atoms with Crippen LogP contribution in [-0.2, 0) is 0 Å². The fourth-order valence-corrected chi connectivity index (χ4v) is 0.342. The molecule has 0 aliphatic carbocycles. The van der Waals surface area contributed by atoms with Crippen LogP contribution in [0.25, 0.3) is 10.4 Å². The molecule has 0 heterocycles. The van der Waals surface area contributed by atoms with Gasteiger partial charge in [-0.15, -0.1) is 0 Å². The first-order valence-electron chi connectivity index (χ1n) is 2.95. The predicted molar refractivity (Wildman–Crippen MR) is 36.8 cm³/mol. The van der Waals surface area contributed by atoms with E-state index in [-0.39, 0.29) is 6.04 Å². The fourth-order valence-electron chi connectivity index (χ4n) is 0.342. The maximum Gasteiger partial charge on any atom is 0.0412 e. The first kappa shape index (κ1) is 8.27. The average molecular weight is 128 g/mol. The van der Waals surface area contributed by atoms with Gasteiger partial charge in [-0.2, -0.15) is 0 Å². The van der Waals surface area contributed by atoms with Crippen molar-refractivity contribution in [1.29, 1.82) is 0 Å². The second-order valence-electron chi connectivity index (χ2n) is 2.32. The summed E-state index contributed by atoms with van der Waals surface area (Å²) in [7, 11) is 0. The number of hydrogen-bond acceptors (Lipinski definition) is 2. The molecule has 0 fully saturated rings. The van der Waals surface area contributed by atoms with Crippen molar-refractivity contribution >= 4 is 0 Å². The third-order valence-corrected chi connectivity index (χ3v) is 1.21. The fraction of sp³-hybridized carbons (Fsp3) is 1.00. The first-order valence-corrected chi connectivity index (χ1v) is 2.95. The molecule has 0 spiro atoms. The molecule has 0 rings (SSSR count). The Morgan fingerprint density at radius 1 is 1.67 bits per heavy atom. The van der Waals surface area contributed by atoms with Gasteiger partial charge < -0.3 is 5.73 Å². The third kappa shape index (κ3) is 3.82. The molecule has 0 aliphatic heterocycles. The van der Waals surface area contributed by atoms with Crippen LogP contribution in [0.5, 0.6) is 0 Å². The van der Waals surface area contributed by atoms with Crippen LogP contribution < -0.4 is 5.73 Å². The van der Waals surface area contributed by atoms with E-state index in [1.807, 2.05) is 13.8 Å². The Bertz CT molecular complexity index is 114. The van der Waals surface area contributed by atoms with Gasteiger partial charge in [-0.25, -0.2) is 0 Å². The Hall–Kier alpha value is -0.730. The van der Waals surface area contributed by atoms with Crippen molar-refractivity contribution in [2.45, 2.75) is 19.9 Å². The predicted octanol–water partition coefficient (Wildman–Crippen LogP) is 1.28. The van der Waals surface area contributed by atoms with Crippen molar-refractivity contribution in [2.24, 2.45) is 16.8 Å². The molecule has 0 aromatic rings. The molecule has 52 valence electrons. The minimum absolute atomic E-state index is 0.000833. The van der Waals surface area contributed by atoms with Gasteiger partial charge in [-0.1, -0.05) is 19.0 Å². The summed E-state index contributed by atoms with van der Waals surface area (Å²) in [5.41, 5.74) is 13.4. The monoisotopic (exact) mass is 128 g/mol. The minimum atomic E-state index is 0.000833. The standard InChI is InChI=1S/C5H12N4/c1-4(2)5(6)3-8-9-7/h4-5H,3,6H2,1-2H3/t5-/m1/s1. The van der Waals surface area contributed by atoms with Gasteiger partial charge in [0.2, 0.25) is 0 Å². The molecule has 0 unspecified atom stereocenters. The van der Waals surface area contributed by atoms with Crippen molar-refractivity contribution in [2.75, 3.05) is 6.54 Å². The quantitative estimate of drug-likeness (QED) is 0.347. The normalized spacial score (nSPS) is 12.9. The highest BCUT2D eigenvalue weighted by atomic mass is 15.1. The van der Waals surface area contributed by atoms with Crippen molar-refractivity contribution in [1.82, 2.24) is 0 Å². The largest absolute Gasteiger partial charge is 0.327 e. The van der Waals surface area contributed by atoms with E-state index in [9.17, 15) is 0 Å². The van der Waals surface area contributed by atoms with E-state index in [1.54, 1.807) is 0 Å². The van der Waals surface area contributed by atoms with E-state index in [0.29, 0.717) is 12.5 Å². The highest BCUT2D eigenvalue weighted by Crippen LogP contribution is 1.97. The Balaban J connectivity index is 3.49. The molecule has 0 aliphatic rings. The smallest absolute Gasteiger partial charge is 0.0412 e. The molecule has 9 heavy (non-hydrogen) atoms. The lowest BCUT2D eigenvalue weighted by Crippen LogP contribution is -2.29. The lowest BCUT2D eigenvalue weighted by Gasteiger charge is -2.10. The van der Waals surface area contributed by atoms with E-state index >= 15 is 0 Å². The van der Waals surface area contributed by atoms with Gasteiger partial charge in [0, 0.05) is 17.5 Å². The van der Waals surface area contributed by atoms with Crippen LogP contribution in [0.2, 0.25) is 0 Å². The number of hydrogen-bond donors (Lipinski definition) is 1. The summed E-state index contributed by atoms with van der Waals surface area (Å²) in [5.74, 6) is 0.385. The Morgan fingerprint density at radius 2 is 2.22 bits per heavy atom. The zero-order valence-electron chi connectivity index (χ0n) is 5.78. The average Bonchev–Trinajstić information content (AvgIpc) is 1.82. The van der Waals surface area contributed by atoms with Gasteiger partial charge in [0.05, 0.1) is 0 Å². The molecular weight excluding hydrogens is 116 g/mol. The molecule has 4 heteroatoms. The van der Waals surface area contributed by atoms with Crippen molar-refractivity contribution in [3.63, 3.8) is 0 Å². The zero-order chi connectivity index (χ0) is 7.28. The summed E-state index contributed by atoms with van der Waals surface area (Å²) in [6.45, 7) is 4.39. The Kier molecular flexibility index (Phi) is 3.84. The van der Waals surface area contributed by atoms with E-state index in [0.717, 1.165) is 0 Å². The van der Waals surface area contributed by atoms with E-state index in [2.05, 4.69) is 10.0 Å². The van der Waals surface area contributed by atoms with Crippen molar-refractivity contribution < 1.29 is 0 Å². The van der Waals surface area contributed by atoms with E-state index in [1.165, 1.54) is 0 Å². The topological polar surface area (TPSA) is 74.8 Å². The van der Waals surface area contributed by atoms with Gasteiger partial charge >= 0.3 is 0 Å². The molecule has 0 radical (unpaired) electrons. The molecule has 0 aromatic carbocycles. The summed E-state index contributed by atoms with van der Waals surface area (Å²) in [5, 5.41) is 3.35. The highest BCUT2D eigenvalue weighted by molar-refractivity contribution is 4.67. The summed E-state index contributed by atoms with van der Waals surface area (Å²) in [6, 6.07) is 0.000833. The van der Waals surface area contributed by atoms with E-state index in [4.69, 9.17) is 11.3 Å². The lowest BCUT2D eigenvalue weighted by molar-refractivity contribution is 0.500. The van der Waals surface area contributed by atoms with Crippen LogP contribution in [0, 0.1) is 5.92 Å². The second-order valence-corrected chi connectivity index (χ2v) is 2.32. The van der Waals surface area contributed by atoms with Gasteiger partial charge in [0.25, 0.3) is 0 Å². The Labute approximate surface area is 54.7 Å². The van der Waals surface area contributed by atoms with Crippen LogP contribution in [-0.4, -0.2) is 12.6 Å². The van der Waals surface area contributed by atoms with Gasteiger partial charge in [0.1, 0.15) is 0 Å². The number of rotatable bonds is 3. The molecule has 0 bridgehead atoms. The maximum absolute atomic E-state index is 7.90. The molecule has 0 amide bonds. The SMILES string of the molecule is CC(C)[C@H](N)CN=[N+]=[N-]. The molecule has 4 nitrogen and oxygen atoms in total. The first-order chi connectivity index (χ1) is 4.18. The highest BCUT2D eigenvalue weighted by Gasteiger charge is 2.03. The van der Waals surface area contributed by atoms with Crippen molar-refractivity contribution in [3.8, 4) is 0 Å². The summed E-state index contributed by atoms with van der Waals surface area (Å²) in [4.78, 5) is 2.60. The van der Waals surface area contributed by atoms with Gasteiger partial charge in [0.15, 0.2) is 0 Å². The van der Waals surface area contributed by atoms with Crippen LogP contribution in [0.1, 0.15) is 13.8 Å². The van der Waals surface area contributed by atoms with Crippen molar-refractivity contribution in [3.05, 3.63) is 10.4 Å². The van der Waals surface area contributed by atoms with Crippen LogP contribution in [0.3, 0.4) is 0 Å². The molecule has 0 aromatic heterocycles. The number of azide groups is 1. The van der Waals surface area contributed by atoms with Gasteiger partial charge in [-0.05, 0) is 11.4 Å². The van der Waals surface area contributed by atoms with Crippen LogP contribution >= 0.6 is 0 Å². The van der Waals surface area contributed by atoms with E-state index < -0.39 is 0 Å². The number of nitrogens with two attached hydrogens (primary N) is 1. The second kappa shape index (κ2) is 4.18. The molecule has 1 atom stereocenters. The number of nitrogens with zero attached hydrogens (tertiary/aromatic N) is 3.